The standard InChI is InChI=1S/C8H11Cl/c1-4-5-7(2)6-8(3)9/h4-6H,3H2,1-2H3/b5-4-,7-6-. The molecule has 0 radical (unpaired) electrons. The van der Waals surface area contributed by atoms with Crippen LogP contribution in [0.3, 0.4) is 0 Å². The van der Waals surface area contributed by atoms with Crippen molar-refractivity contribution < 1.29 is 0 Å². The van der Waals surface area contributed by atoms with Crippen LogP contribution in [0.5, 0.6) is 0 Å². The fourth-order valence-electron chi connectivity index (χ4n) is 0.558. The summed E-state index contributed by atoms with van der Waals surface area (Å²) in [7, 11) is 0. The van der Waals surface area contributed by atoms with Crippen molar-refractivity contribution in [1.29, 1.82) is 0 Å². The number of rotatable bonds is 2. The smallest absolute Gasteiger partial charge is 0.0336 e. The minimum absolute atomic E-state index is 0.575. The molecule has 0 amide bonds. The Hall–Kier alpha value is -0.490. The molecule has 0 spiro atoms. The second-order valence-electron chi connectivity index (χ2n) is 1.84. The molecule has 0 atom stereocenters. The Balaban J connectivity index is 4.00. The topological polar surface area (TPSA) is 0 Å². The summed E-state index contributed by atoms with van der Waals surface area (Å²) >= 11 is 5.50. The Labute approximate surface area is 61.5 Å². The van der Waals surface area contributed by atoms with E-state index in [1.165, 1.54) is 0 Å². The lowest BCUT2D eigenvalue weighted by Crippen LogP contribution is -1.66. The van der Waals surface area contributed by atoms with Gasteiger partial charge in [0.05, 0.1) is 0 Å². The van der Waals surface area contributed by atoms with Crippen LogP contribution < -0.4 is 0 Å². The van der Waals surface area contributed by atoms with Gasteiger partial charge >= 0.3 is 0 Å². The summed E-state index contributed by atoms with van der Waals surface area (Å²) in [6.45, 7) is 7.48. The lowest BCUT2D eigenvalue weighted by atomic mass is 10.2. The number of halogens is 1. The minimum Gasteiger partial charge on any atom is -0.0874 e. The van der Waals surface area contributed by atoms with Gasteiger partial charge in [-0.05, 0) is 19.9 Å². The number of hydrogen-bond donors (Lipinski definition) is 0. The van der Waals surface area contributed by atoms with E-state index >= 15 is 0 Å². The van der Waals surface area contributed by atoms with Crippen molar-refractivity contribution in [3.05, 3.63) is 35.4 Å². The van der Waals surface area contributed by atoms with Crippen LogP contribution in [0.15, 0.2) is 35.4 Å². The second kappa shape index (κ2) is 4.39. The maximum atomic E-state index is 5.50. The maximum Gasteiger partial charge on any atom is 0.0336 e. The quantitative estimate of drug-likeness (QED) is 0.520. The summed E-state index contributed by atoms with van der Waals surface area (Å²) in [5, 5.41) is 0.575. The van der Waals surface area contributed by atoms with Crippen LogP contribution in [-0.4, -0.2) is 0 Å². The SMILES string of the molecule is C=C(Cl)/C=C(C)\C=C/C. The van der Waals surface area contributed by atoms with Crippen LogP contribution in [0.25, 0.3) is 0 Å². The average Bonchev–Trinajstić information content (AvgIpc) is 1.63. The molecule has 0 aliphatic heterocycles. The van der Waals surface area contributed by atoms with E-state index in [1.54, 1.807) is 0 Å². The molecule has 0 aromatic heterocycles. The summed E-state index contributed by atoms with van der Waals surface area (Å²) in [6.07, 6.45) is 5.76. The van der Waals surface area contributed by atoms with E-state index in [-0.39, 0.29) is 0 Å². The van der Waals surface area contributed by atoms with E-state index in [2.05, 4.69) is 6.58 Å². The van der Waals surface area contributed by atoms with Gasteiger partial charge in [0, 0.05) is 5.03 Å². The molecule has 0 heterocycles. The third-order valence-corrected chi connectivity index (χ3v) is 0.923. The van der Waals surface area contributed by atoms with Crippen LogP contribution in [-0.2, 0) is 0 Å². The Bertz CT molecular complexity index is 152. The van der Waals surface area contributed by atoms with Gasteiger partial charge in [0.15, 0.2) is 0 Å². The van der Waals surface area contributed by atoms with Crippen LogP contribution >= 0.6 is 11.6 Å². The fourth-order valence-corrected chi connectivity index (χ4v) is 0.730. The molecule has 0 aliphatic carbocycles. The summed E-state index contributed by atoms with van der Waals surface area (Å²) in [6, 6.07) is 0. The van der Waals surface area contributed by atoms with Crippen molar-refractivity contribution in [1.82, 2.24) is 0 Å². The van der Waals surface area contributed by atoms with Crippen molar-refractivity contribution in [2.24, 2.45) is 0 Å². The molecule has 0 aromatic carbocycles. The van der Waals surface area contributed by atoms with Gasteiger partial charge < -0.3 is 0 Å². The Morgan fingerprint density at radius 2 is 2.11 bits per heavy atom. The second-order valence-corrected chi connectivity index (χ2v) is 2.32. The normalized spacial score (nSPS) is 12.6. The zero-order valence-corrected chi connectivity index (χ0v) is 6.57. The lowest BCUT2D eigenvalue weighted by Gasteiger charge is -1.87. The Morgan fingerprint density at radius 1 is 1.56 bits per heavy atom. The first-order valence-electron chi connectivity index (χ1n) is 2.82. The third-order valence-electron chi connectivity index (χ3n) is 0.814. The molecule has 9 heavy (non-hydrogen) atoms. The van der Waals surface area contributed by atoms with Crippen LogP contribution in [0, 0.1) is 0 Å². The zero-order valence-electron chi connectivity index (χ0n) is 5.82. The van der Waals surface area contributed by atoms with Crippen molar-refractivity contribution in [3.8, 4) is 0 Å². The molecule has 0 aromatic rings. The van der Waals surface area contributed by atoms with E-state index in [0.717, 1.165) is 5.57 Å². The Kier molecular flexibility index (Phi) is 4.16. The molecule has 0 rings (SSSR count). The molecule has 1 heteroatoms. The average molecular weight is 143 g/mol. The van der Waals surface area contributed by atoms with E-state index in [4.69, 9.17) is 11.6 Å². The fraction of sp³-hybridized carbons (Fsp3) is 0.250. The van der Waals surface area contributed by atoms with Gasteiger partial charge in [-0.15, -0.1) is 0 Å². The van der Waals surface area contributed by atoms with Gasteiger partial charge in [-0.1, -0.05) is 35.9 Å². The summed E-state index contributed by atoms with van der Waals surface area (Å²) < 4.78 is 0. The maximum absolute atomic E-state index is 5.50. The van der Waals surface area contributed by atoms with E-state index in [0.29, 0.717) is 5.03 Å². The van der Waals surface area contributed by atoms with Gasteiger partial charge in [0.25, 0.3) is 0 Å². The van der Waals surface area contributed by atoms with Gasteiger partial charge in [0.1, 0.15) is 0 Å². The summed E-state index contributed by atoms with van der Waals surface area (Å²) in [4.78, 5) is 0. The van der Waals surface area contributed by atoms with Gasteiger partial charge in [-0.2, -0.15) is 0 Å². The Morgan fingerprint density at radius 3 is 2.44 bits per heavy atom. The van der Waals surface area contributed by atoms with Gasteiger partial charge in [0.2, 0.25) is 0 Å². The first kappa shape index (κ1) is 8.51. The number of hydrogen-bond acceptors (Lipinski definition) is 0. The molecule has 0 N–H and O–H groups in total. The number of allylic oxidation sites excluding steroid dienone is 5. The lowest BCUT2D eigenvalue weighted by molar-refractivity contribution is 1.50. The van der Waals surface area contributed by atoms with Gasteiger partial charge in [-0.25, -0.2) is 0 Å². The third kappa shape index (κ3) is 5.38. The van der Waals surface area contributed by atoms with E-state index < -0.39 is 0 Å². The molecule has 0 bridgehead atoms. The highest BCUT2D eigenvalue weighted by Crippen LogP contribution is 2.04. The molecular formula is C8H11Cl. The molecule has 0 fully saturated rings. The molecule has 0 nitrogen and oxygen atoms in total. The molecular weight excluding hydrogens is 132 g/mol. The summed E-state index contributed by atoms with van der Waals surface area (Å²) in [5.74, 6) is 0. The van der Waals surface area contributed by atoms with Gasteiger partial charge in [-0.3, -0.25) is 0 Å². The van der Waals surface area contributed by atoms with Crippen LogP contribution in [0.2, 0.25) is 0 Å². The highest BCUT2D eigenvalue weighted by atomic mass is 35.5. The van der Waals surface area contributed by atoms with E-state index in [1.807, 2.05) is 32.1 Å². The van der Waals surface area contributed by atoms with Crippen molar-refractivity contribution in [3.63, 3.8) is 0 Å². The molecule has 0 unspecified atom stereocenters. The molecule has 0 saturated carbocycles. The zero-order chi connectivity index (χ0) is 7.28. The first-order chi connectivity index (χ1) is 4.16. The first-order valence-corrected chi connectivity index (χ1v) is 3.20. The van der Waals surface area contributed by atoms with Crippen LogP contribution in [0.4, 0.5) is 0 Å². The largest absolute Gasteiger partial charge is 0.0874 e. The molecule has 50 valence electrons. The van der Waals surface area contributed by atoms with Crippen LogP contribution in [0.1, 0.15) is 13.8 Å². The van der Waals surface area contributed by atoms with Crippen molar-refractivity contribution >= 4 is 11.6 Å². The predicted octanol–water partition coefficient (Wildman–Crippen LogP) is 3.26. The van der Waals surface area contributed by atoms with Crippen molar-refractivity contribution in [2.45, 2.75) is 13.8 Å². The monoisotopic (exact) mass is 142 g/mol. The summed E-state index contributed by atoms with van der Waals surface area (Å²) in [5.41, 5.74) is 1.12. The predicted molar refractivity (Wildman–Crippen MR) is 43.6 cm³/mol. The molecule has 0 aliphatic rings. The van der Waals surface area contributed by atoms with Crippen molar-refractivity contribution in [2.75, 3.05) is 0 Å². The highest BCUT2D eigenvalue weighted by molar-refractivity contribution is 6.30. The molecule has 0 saturated heterocycles. The minimum atomic E-state index is 0.575. The van der Waals surface area contributed by atoms with E-state index in [9.17, 15) is 0 Å². The highest BCUT2D eigenvalue weighted by Gasteiger charge is 1.80.